The van der Waals surface area contributed by atoms with Gasteiger partial charge < -0.3 is 15.5 Å². The lowest BCUT2D eigenvalue weighted by molar-refractivity contribution is -0.140. The predicted octanol–water partition coefficient (Wildman–Crippen LogP) is 3.00. The van der Waals surface area contributed by atoms with Crippen molar-refractivity contribution in [1.82, 2.24) is 5.32 Å². The van der Waals surface area contributed by atoms with Gasteiger partial charge in [-0.15, -0.1) is 0 Å². The number of halogens is 2. The highest BCUT2D eigenvalue weighted by atomic mass is 19.1. The van der Waals surface area contributed by atoms with Crippen molar-refractivity contribution in [3.8, 4) is 11.1 Å². The first-order valence-corrected chi connectivity index (χ1v) is 8.51. The molecule has 0 aliphatic heterocycles. The van der Waals surface area contributed by atoms with Crippen LogP contribution in [-0.2, 0) is 20.8 Å². The average Bonchev–Trinajstić information content (AvgIpc) is 2.59. The van der Waals surface area contributed by atoms with Crippen LogP contribution >= 0.6 is 0 Å². The Morgan fingerprint density at radius 2 is 1.46 bits per heavy atom. The molecule has 28 heavy (non-hydrogen) atoms. The molecule has 0 bridgehead atoms. The molecule has 6 nitrogen and oxygen atoms in total. The molecule has 0 aliphatic rings. The molecule has 148 valence electrons. The molecular weight excluding hydrogens is 372 g/mol. The van der Waals surface area contributed by atoms with Crippen molar-refractivity contribution in [2.24, 2.45) is 0 Å². The molecule has 8 heteroatoms. The number of aliphatic carboxylic acids is 2. The zero-order chi connectivity index (χ0) is 20.7. The van der Waals surface area contributed by atoms with Crippen LogP contribution in [-0.4, -0.2) is 34.1 Å². The summed E-state index contributed by atoms with van der Waals surface area (Å²) in [6, 6.07) is 9.12. The van der Waals surface area contributed by atoms with Gasteiger partial charge in [-0.05, 0) is 35.2 Å². The molecule has 0 aliphatic carbocycles. The van der Waals surface area contributed by atoms with Gasteiger partial charge in [0.05, 0.1) is 12.8 Å². The first kappa shape index (κ1) is 21.0. The van der Waals surface area contributed by atoms with Gasteiger partial charge in [-0.25, -0.2) is 8.78 Å². The smallest absolute Gasteiger partial charge is 0.305 e. The second-order valence-corrected chi connectivity index (χ2v) is 6.32. The summed E-state index contributed by atoms with van der Waals surface area (Å²) in [5, 5.41) is 20.2. The van der Waals surface area contributed by atoms with Crippen molar-refractivity contribution in [1.29, 1.82) is 0 Å². The summed E-state index contributed by atoms with van der Waals surface area (Å²) in [6.07, 6.45) is -0.696. The van der Waals surface area contributed by atoms with Crippen LogP contribution in [0.4, 0.5) is 8.78 Å². The van der Waals surface area contributed by atoms with E-state index in [4.69, 9.17) is 10.2 Å². The summed E-state index contributed by atoms with van der Waals surface area (Å²) in [5.74, 6) is -4.14. The molecule has 1 unspecified atom stereocenters. The monoisotopic (exact) mass is 391 g/mol. The molecule has 0 saturated heterocycles. The van der Waals surface area contributed by atoms with Crippen LogP contribution in [0.3, 0.4) is 0 Å². The quantitative estimate of drug-likeness (QED) is 0.610. The molecule has 0 fully saturated rings. The van der Waals surface area contributed by atoms with Gasteiger partial charge in [0.25, 0.3) is 0 Å². The van der Waals surface area contributed by atoms with Crippen molar-refractivity contribution in [2.75, 3.05) is 0 Å². The molecule has 0 heterocycles. The van der Waals surface area contributed by atoms with E-state index in [1.54, 1.807) is 24.3 Å². The largest absolute Gasteiger partial charge is 0.481 e. The summed E-state index contributed by atoms with van der Waals surface area (Å²) >= 11 is 0. The van der Waals surface area contributed by atoms with E-state index in [1.807, 2.05) is 0 Å². The lowest BCUT2D eigenvalue weighted by atomic mass is 9.99. The van der Waals surface area contributed by atoms with E-state index >= 15 is 0 Å². The number of carbonyl (C=O) groups excluding carboxylic acids is 1. The molecular formula is C20H19F2NO5. The Labute approximate surface area is 159 Å². The lowest BCUT2D eigenvalue weighted by Gasteiger charge is -2.17. The van der Waals surface area contributed by atoms with Gasteiger partial charge in [-0.3, -0.25) is 14.4 Å². The zero-order valence-electron chi connectivity index (χ0n) is 14.8. The number of rotatable bonds is 9. The molecule has 2 rings (SSSR count). The summed E-state index contributed by atoms with van der Waals surface area (Å²) in [5.41, 5.74) is 1.67. The Balaban J connectivity index is 2.08. The topological polar surface area (TPSA) is 104 Å². The van der Waals surface area contributed by atoms with Crippen LogP contribution in [0, 0.1) is 11.6 Å². The summed E-state index contributed by atoms with van der Waals surface area (Å²) in [4.78, 5) is 33.4. The number of carbonyl (C=O) groups is 3. The molecule has 1 amide bonds. The molecule has 0 spiro atoms. The number of carboxylic acid groups (broad SMARTS) is 2. The molecule has 3 N–H and O–H groups in total. The fourth-order valence-electron chi connectivity index (χ4n) is 2.74. The van der Waals surface area contributed by atoms with E-state index in [0.717, 1.165) is 6.07 Å². The third-order valence-corrected chi connectivity index (χ3v) is 3.98. The van der Waals surface area contributed by atoms with Crippen molar-refractivity contribution in [2.45, 2.75) is 31.7 Å². The van der Waals surface area contributed by atoms with Crippen molar-refractivity contribution < 1.29 is 33.4 Å². The highest BCUT2D eigenvalue weighted by Crippen LogP contribution is 2.22. The normalized spacial score (nSPS) is 11.6. The third kappa shape index (κ3) is 6.79. The SMILES string of the molecule is O=C(O)CCC(=O)NC(CC(=O)O)Cc1ccc(-c2cc(F)cc(F)c2)cc1. The number of nitrogens with one attached hydrogen (secondary N) is 1. The Morgan fingerprint density at radius 3 is 2.00 bits per heavy atom. The van der Waals surface area contributed by atoms with Crippen molar-refractivity contribution >= 4 is 17.8 Å². The highest BCUT2D eigenvalue weighted by molar-refractivity contribution is 5.81. The number of hydrogen-bond acceptors (Lipinski definition) is 3. The zero-order valence-corrected chi connectivity index (χ0v) is 14.8. The summed E-state index contributed by atoms with van der Waals surface area (Å²) in [6.45, 7) is 0. The molecule has 0 saturated carbocycles. The maximum Gasteiger partial charge on any atom is 0.305 e. The van der Waals surface area contributed by atoms with Crippen LogP contribution in [0.25, 0.3) is 11.1 Å². The van der Waals surface area contributed by atoms with Crippen LogP contribution in [0.2, 0.25) is 0 Å². The fraction of sp³-hybridized carbons (Fsp3) is 0.250. The van der Waals surface area contributed by atoms with Gasteiger partial charge in [-0.2, -0.15) is 0 Å². The third-order valence-electron chi connectivity index (χ3n) is 3.98. The van der Waals surface area contributed by atoms with Gasteiger partial charge in [0.2, 0.25) is 5.91 Å². The minimum atomic E-state index is -1.12. The minimum Gasteiger partial charge on any atom is -0.481 e. The van der Waals surface area contributed by atoms with Gasteiger partial charge in [0, 0.05) is 18.5 Å². The maximum absolute atomic E-state index is 13.3. The summed E-state index contributed by atoms with van der Waals surface area (Å²) in [7, 11) is 0. The highest BCUT2D eigenvalue weighted by Gasteiger charge is 2.17. The molecule has 2 aromatic rings. The maximum atomic E-state index is 13.3. The second-order valence-electron chi connectivity index (χ2n) is 6.32. The van der Waals surface area contributed by atoms with Crippen molar-refractivity contribution in [3.05, 3.63) is 59.7 Å². The Kier molecular flexibility index (Phi) is 7.20. The van der Waals surface area contributed by atoms with Crippen LogP contribution in [0.15, 0.2) is 42.5 Å². The van der Waals surface area contributed by atoms with Crippen molar-refractivity contribution in [3.63, 3.8) is 0 Å². The molecule has 0 aromatic heterocycles. The van der Waals surface area contributed by atoms with Crippen LogP contribution in [0.1, 0.15) is 24.8 Å². The first-order chi connectivity index (χ1) is 13.2. The van der Waals surface area contributed by atoms with E-state index in [2.05, 4.69) is 5.32 Å². The Hall–Kier alpha value is -3.29. The van der Waals surface area contributed by atoms with Gasteiger partial charge in [0.15, 0.2) is 0 Å². The van der Waals surface area contributed by atoms with Gasteiger partial charge >= 0.3 is 11.9 Å². The fourth-order valence-corrected chi connectivity index (χ4v) is 2.74. The minimum absolute atomic E-state index is 0.211. The average molecular weight is 391 g/mol. The summed E-state index contributed by atoms with van der Waals surface area (Å²) < 4.78 is 26.7. The van der Waals surface area contributed by atoms with E-state index < -0.39 is 35.5 Å². The molecule has 2 aromatic carbocycles. The molecule has 1 atom stereocenters. The van der Waals surface area contributed by atoms with E-state index in [0.29, 0.717) is 16.7 Å². The predicted molar refractivity (Wildman–Crippen MR) is 96.6 cm³/mol. The van der Waals surface area contributed by atoms with Crippen LogP contribution in [0.5, 0.6) is 0 Å². The molecule has 0 radical (unpaired) electrons. The Bertz CT molecular complexity index is 847. The van der Waals surface area contributed by atoms with E-state index in [9.17, 15) is 23.2 Å². The van der Waals surface area contributed by atoms with Crippen LogP contribution < -0.4 is 5.32 Å². The van der Waals surface area contributed by atoms with E-state index in [1.165, 1.54) is 12.1 Å². The number of hydrogen-bond donors (Lipinski definition) is 3. The van der Waals surface area contributed by atoms with Gasteiger partial charge in [-0.1, -0.05) is 24.3 Å². The standard InChI is InChI=1S/C20H19F2NO5/c21-15-8-14(9-16(22)10-15)13-3-1-12(2-4-13)7-17(11-20(27)28)23-18(24)5-6-19(25)26/h1-4,8-10,17H,5-7,11H2,(H,23,24)(H,25,26)(H,27,28). The van der Waals surface area contributed by atoms with E-state index in [-0.39, 0.29) is 25.7 Å². The number of amides is 1. The first-order valence-electron chi connectivity index (χ1n) is 8.51. The lowest BCUT2D eigenvalue weighted by Crippen LogP contribution is -2.38. The Morgan fingerprint density at radius 1 is 0.857 bits per heavy atom. The van der Waals surface area contributed by atoms with Gasteiger partial charge in [0.1, 0.15) is 11.6 Å². The number of benzene rings is 2. The number of carboxylic acids is 2. The second kappa shape index (κ2) is 9.59.